The van der Waals surface area contributed by atoms with Crippen LogP contribution in [-0.4, -0.2) is 30.1 Å². The Morgan fingerprint density at radius 2 is 2.26 bits per heavy atom. The van der Waals surface area contributed by atoms with Crippen LogP contribution in [0.15, 0.2) is 24.3 Å². The monoisotopic (exact) mass is 262 g/mol. The Labute approximate surface area is 114 Å². The molecule has 1 unspecified atom stereocenters. The maximum Gasteiger partial charge on any atom is 0.237 e. The fourth-order valence-corrected chi connectivity index (χ4v) is 2.47. The van der Waals surface area contributed by atoms with E-state index in [-0.39, 0.29) is 18.5 Å². The van der Waals surface area contributed by atoms with Crippen LogP contribution >= 0.6 is 0 Å². The van der Waals surface area contributed by atoms with Crippen LogP contribution in [0.5, 0.6) is 0 Å². The van der Waals surface area contributed by atoms with Crippen molar-refractivity contribution >= 4 is 5.91 Å². The molecule has 19 heavy (non-hydrogen) atoms. The molecule has 1 aromatic carbocycles. The molecule has 2 rings (SSSR count). The van der Waals surface area contributed by atoms with Crippen molar-refractivity contribution in [1.29, 1.82) is 0 Å². The molecule has 0 spiro atoms. The number of hydrogen-bond donors (Lipinski definition) is 3. The van der Waals surface area contributed by atoms with Crippen molar-refractivity contribution in [2.24, 2.45) is 0 Å². The molecular weight excluding hydrogens is 240 g/mol. The summed E-state index contributed by atoms with van der Waals surface area (Å²) in [5.41, 5.74) is 1.92. The second kappa shape index (κ2) is 6.68. The van der Waals surface area contributed by atoms with Crippen molar-refractivity contribution in [2.45, 2.75) is 38.3 Å². The topological polar surface area (TPSA) is 61.4 Å². The maximum atomic E-state index is 11.9. The Morgan fingerprint density at radius 1 is 1.47 bits per heavy atom. The standard InChI is InChI=1S/C15H22N2O2/c1-11-6-2-3-7-12(11)14(18)10-17-15(19)13-8-4-5-9-16-13/h2-3,6-7,13-14,16,18H,4-5,8-10H2,1H3,(H,17,19)/t13-,14?/m0/s1. The number of amides is 1. The van der Waals surface area contributed by atoms with E-state index in [0.29, 0.717) is 0 Å². The smallest absolute Gasteiger partial charge is 0.237 e. The van der Waals surface area contributed by atoms with Gasteiger partial charge in [0.05, 0.1) is 12.1 Å². The molecular formula is C15H22N2O2. The molecule has 1 heterocycles. The summed E-state index contributed by atoms with van der Waals surface area (Å²) in [7, 11) is 0. The first kappa shape index (κ1) is 14.0. The Hall–Kier alpha value is -1.39. The van der Waals surface area contributed by atoms with Gasteiger partial charge < -0.3 is 15.7 Å². The van der Waals surface area contributed by atoms with Crippen LogP contribution in [0.2, 0.25) is 0 Å². The maximum absolute atomic E-state index is 11.9. The summed E-state index contributed by atoms with van der Waals surface area (Å²) >= 11 is 0. The number of rotatable bonds is 4. The van der Waals surface area contributed by atoms with Crippen molar-refractivity contribution in [2.75, 3.05) is 13.1 Å². The molecule has 0 aliphatic carbocycles. The van der Waals surface area contributed by atoms with Crippen molar-refractivity contribution in [3.8, 4) is 0 Å². The molecule has 104 valence electrons. The molecule has 4 heteroatoms. The normalized spacial score (nSPS) is 20.8. The van der Waals surface area contributed by atoms with Gasteiger partial charge >= 0.3 is 0 Å². The van der Waals surface area contributed by atoms with E-state index < -0.39 is 6.10 Å². The van der Waals surface area contributed by atoms with Gasteiger partial charge in [-0.05, 0) is 37.4 Å². The Kier molecular flexibility index (Phi) is 4.93. The number of carbonyl (C=O) groups is 1. The van der Waals surface area contributed by atoms with Gasteiger partial charge in [0.25, 0.3) is 0 Å². The average Bonchev–Trinajstić information content (AvgIpc) is 2.46. The van der Waals surface area contributed by atoms with Crippen molar-refractivity contribution in [3.05, 3.63) is 35.4 Å². The van der Waals surface area contributed by atoms with Crippen LogP contribution in [0, 0.1) is 6.92 Å². The number of aliphatic hydroxyl groups is 1. The molecule has 3 N–H and O–H groups in total. The number of hydrogen-bond acceptors (Lipinski definition) is 3. The predicted molar refractivity (Wildman–Crippen MR) is 74.8 cm³/mol. The molecule has 0 bridgehead atoms. The van der Waals surface area contributed by atoms with Crippen LogP contribution < -0.4 is 10.6 Å². The molecule has 1 aliphatic rings. The number of benzene rings is 1. The number of carbonyl (C=O) groups excluding carboxylic acids is 1. The summed E-state index contributed by atoms with van der Waals surface area (Å²) in [6, 6.07) is 7.60. The highest BCUT2D eigenvalue weighted by Crippen LogP contribution is 2.16. The summed E-state index contributed by atoms with van der Waals surface area (Å²) in [5.74, 6) is -0.00710. The summed E-state index contributed by atoms with van der Waals surface area (Å²) in [5, 5.41) is 16.1. The van der Waals surface area contributed by atoms with Crippen molar-refractivity contribution < 1.29 is 9.90 Å². The largest absolute Gasteiger partial charge is 0.387 e. The first-order chi connectivity index (χ1) is 9.18. The molecule has 2 atom stereocenters. The number of aliphatic hydroxyl groups excluding tert-OH is 1. The van der Waals surface area contributed by atoms with Gasteiger partial charge in [-0.1, -0.05) is 30.7 Å². The van der Waals surface area contributed by atoms with Gasteiger partial charge in [0.1, 0.15) is 0 Å². The molecule has 0 saturated carbocycles. The molecule has 0 aromatic heterocycles. The summed E-state index contributed by atoms with van der Waals surface area (Å²) in [4.78, 5) is 11.9. The lowest BCUT2D eigenvalue weighted by atomic mass is 10.0. The first-order valence-corrected chi connectivity index (χ1v) is 6.93. The minimum Gasteiger partial charge on any atom is -0.387 e. The molecule has 0 radical (unpaired) electrons. The second-order valence-corrected chi connectivity index (χ2v) is 5.12. The highest BCUT2D eigenvalue weighted by Gasteiger charge is 2.21. The second-order valence-electron chi connectivity index (χ2n) is 5.12. The fraction of sp³-hybridized carbons (Fsp3) is 0.533. The molecule has 4 nitrogen and oxygen atoms in total. The number of nitrogens with one attached hydrogen (secondary N) is 2. The average molecular weight is 262 g/mol. The molecule has 1 aromatic rings. The van der Waals surface area contributed by atoms with E-state index in [4.69, 9.17) is 0 Å². The highest BCUT2D eigenvalue weighted by molar-refractivity contribution is 5.81. The zero-order chi connectivity index (χ0) is 13.7. The minimum atomic E-state index is -0.645. The van der Waals surface area contributed by atoms with Crippen LogP contribution in [0.1, 0.15) is 36.5 Å². The van der Waals surface area contributed by atoms with E-state index in [2.05, 4.69) is 10.6 Å². The van der Waals surface area contributed by atoms with Gasteiger partial charge in [-0.25, -0.2) is 0 Å². The third-order valence-electron chi connectivity index (χ3n) is 3.64. The lowest BCUT2D eigenvalue weighted by molar-refractivity contribution is -0.124. The SMILES string of the molecule is Cc1ccccc1C(O)CNC(=O)[C@@H]1CCCCN1. The van der Waals surface area contributed by atoms with Gasteiger partial charge in [0.2, 0.25) is 5.91 Å². The molecule has 1 saturated heterocycles. The third-order valence-corrected chi connectivity index (χ3v) is 3.64. The predicted octanol–water partition coefficient (Wildman–Crippen LogP) is 1.29. The van der Waals surface area contributed by atoms with Crippen LogP contribution in [0.4, 0.5) is 0 Å². The Balaban J connectivity index is 1.84. The van der Waals surface area contributed by atoms with E-state index in [1.165, 1.54) is 0 Å². The Bertz CT molecular complexity index is 428. The van der Waals surface area contributed by atoms with Gasteiger partial charge in [0.15, 0.2) is 0 Å². The van der Waals surface area contributed by atoms with Crippen molar-refractivity contribution in [3.63, 3.8) is 0 Å². The van der Waals surface area contributed by atoms with Gasteiger partial charge in [-0.15, -0.1) is 0 Å². The van der Waals surface area contributed by atoms with Crippen LogP contribution in [0.25, 0.3) is 0 Å². The van der Waals surface area contributed by atoms with Crippen molar-refractivity contribution in [1.82, 2.24) is 10.6 Å². The van der Waals surface area contributed by atoms with Crippen LogP contribution in [0.3, 0.4) is 0 Å². The summed E-state index contributed by atoms with van der Waals surface area (Å²) < 4.78 is 0. The number of aryl methyl sites for hydroxylation is 1. The lowest BCUT2D eigenvalue weighted by Crippen LogP contribution is -2.47. The van der Waals surface area contributed by atoms with E-state index in [1.807, 2.05) is 31.2 Å². The number of piperidine rings is 1. The summed E-state index contributed by atoms with van der Waals surface area (Å²) in [6.45, 7) is 3.13. The van der Waals surface area contributed by atoms with E-state index in [0.717, 1.165) is 36.9 Å². The summed E-state index contributed by atoms with van der Waals surface area (Å²) in [6.07, 6.45) is 2.46. The molecule has 1 fully saturated rings. The van der Waals surface area contributed by atoms with E-state index in [9.17, 15) is 9.90 Å². The molecule has 1 amide bonds. The van der Waals surface area contributed by atoms with E-state index >= 15 is 0 Å². The molecule has 1 aliphatic heterocycles. The quantitative estimate of drug-likeness (QED) is 0.766. The van der Waals surface area contributed by atoms with Gasteiger partial charge in [0, 0.05) is 6.54 Å². The minimum absolute atomic E-state index is 0.00710. The zero-order valence-electron chi connectivity index (χ0n) is 11.4. The van der Waals surface area contributed by atoms with E-state index in [1.54, 1.807) is 0 Å². The van der Waals surface area contributed by atoms with Gasteiger partial charge in [-0.2, -0.15) is 0 Å². The first-order valence-electron chi connectivity index (χ1n) is 6.93. The Morgan fingerprint density at radius 3 is 2.95 bits per heavy atom. The van der Waals surface area contributed by atoms with Crippen LogP contribution in [-0.2, 0) is 4.79 Å². The highest BCUT2D eigenvalue weighted by atomic mass is 16.3. The fourth-order valence-electron chi connectivity index (χ4n) is 2.47. The zero-order valence-corrected chi connectivity index (χ0v) is 11.4. The van der Waals surface area contributed by atoms with Gasteiger partial charge in [-0.3, -0.25) is 4.79 Å². The lowest BCUT2D eigenvalue weighted by Gasteiger charge is -2.23. The third kappa shape index (κ3) is 3.78.